The zero-order chi connectivity index (χ0) is 18.8. The molecule has 0 bridgehead atoms. The van der Waals surface area contributed by atoms with Crippen molar-refractivity contribution in [3.8, 4) is 5.75 Å². The zero-order valence-electron chi connectivity index (χ0n) is 14.0. The maximum Gasteiger partial charge on any atom is 0.254 e. The van der Waals surface area contributed by atoms with E-state index in [-0.39, 0.29) is 42.3 Å². The van der Waals surface area contributed by atoms with E-state index in [1.165, 1.54) is 11.0 Å². The lowest BCUT2D eigenvalue weighted by Crippen LogP contribution is -2.51. The van der Waals surface area contributed by atoms with Crippen molar-refractivity contribution in [3.05, 3.63) is 63.6 Å². The highest BCUT2D eigenvalue weighted by Gasteiger charge is 2.32. The Morgan fingerprint density at radius 1 is 1.23 bits per heavy atom. The van der Waals surface area contributed by atoms with Crippen molar-refractivity contribution < 1.29 is 23.4 Å². The molecule has 0 saturated carbocycles. The van der Waals surface area contributed by atoms with E-state index < -0.39 is 23.8 Å². The number of amides is 1. The highest BCUT2D eigenvalue weighted by molar-refractivity contribution is 5.94. The maximum absolute atomic E-state index is 13.2. The van der Waals surface area contributed by atoms with Crippen LogP contribution >= 0.6 is 0 Å². The van der Waals surface area contributed by atoms with Gasteiger partial charge in [0.25, 0.3) is 5.91 Å². The Balaban J connectivity index is 1.68. The standard InChI is InChI=1S/C18H18F2N2O4/c1-10-4-11(5-17(24)21-10)18(25)22-3-2-16(15(23)9-22)26-14-7-12(19)6-13(20)8-14/h4-8,15-16,23H,2-3,9H2,1H3,(H,21,24)/t15-,16-/m1/s1. The van der Waals surface area contributed by atoms with Crippen LogP contribution in [0.2, 0.25) is 0 Å². The number of benzene rings is 1. The molecule has 3 rings (SSSR count). The Bertz CT molecular complexity index is 863. The van der Waals surface area contributed by atoms with Gasteiger partial charge in [-0.15, -0.1) is 0 Å². The van der Waals surface area contributed by atoms with Crippen molar-refractivity contribution >= 4 is 5.91 Å². The molecule has 2 atom stereocenters. The second kappa shape index (κ2) is 7.25. The molecule has 1 aliphatic rings. The first-order valence-corrected chi connectivity index (χ1v) is 8.13. The van der Waals surface area contributed by atoms with Gasteiger partial charge in [0.05, 0.1) is 6.54 Å². The Hall–Kier alpha value is -2.74. The first kappa shape index (κ1) is 18.1. The summed E-state index contributed by atoms with van der Waals surface area (Å²) in [4.78, 5) is 28.0. The first-order valence-electron chi connectivity index (χ1n) is 8.13. The summed E-state index contributed by atoms with van der Waals surface area (Å²) < 4.78 is 32.0. The summed E-state index contributed by atoms with van der Waals surface area (Å²) in [6.07, 6.45) is -1.43. The Morgan fingerprint density at radius 2 is 1.92 bits per heavy atom. The molecule has 1 aliphatic heterocycles. The smallest absolute Gasteiger partial charge is 0.254 e. The average Bonchev–Trinajstić information content (AvgIpc) is 2.54. The Morgan fingerprint density at radius 3 is 2.54 bits per heavy atom. The summed E-state index contributed by atoms with van der Waals surface area (Å²) in [6.45, 7) is 1.95. The minimum Gasteiger partial charge on any atom is -0.487 e. The molecule has 0 spiro atoms. The number of H-pyrrole nitrogens is 1. The van der Waals surface area contributed by atoms with Crippen molar-refractivity contribution in [2.75, 3.05) is 13.1 Å². The summed E-state index contributed by atoms with van der Waals surface area (Å²) in [7, 11) is 0. The molecule has 0 radical (unpaired) electrons. The van der Waals surface area contributed by atoms with Crippen LogP contribution in [0.5, 0.6) is 5.75 Å². The molecule has 26 heavy (non-hydrogen) atoms. The number of aliphatic hydroxyl groups excluding tert-OH is 1. The number of aryl methyl sites for hydroxylation is 1. The minimum absolute atomic E-state index is 0.00680. The minimum atomic E-state index is -1.03. The average molecular weight is 364 g/mol. The van der Waals surface area contributed by atoms with Gasteiger partial charge >= 0.3 is 0 Å². The molecule has 1 aromatic carbocycles. The highest BCUT2D eigenvalue weighted by atomic mass is 19.1. The number of piperidine rings is 1. The summed E-state index contributed by atoms with van der Waals surface area (Å²) in [5, 5.41) is 10.3. The number of hydrogen-bond donors (Lipinski definition) is 2. The third kappa shape index (κ3) is 4.08. The number of nitrogens with zero attached hydrogens (tertiary/aromatic N) is 1. The number of pyridine rings is 1. The van der Waals surface area contributed by atoms with Crippen molar-refractivity contribution in [1.82, 2.24) is 9.88 Å². The quantitative estimate of drug-likeness (QED) is 0.867. The van der Waals surface area contributed by atoms with Crippen LogP contribution < -0.4 is 10.3 Å². The predicted octanol–water partition coefficient (Wildman–Crippen LogP) is 1.62. The molecule has 2 N–H and O–H groups in total. The van der Waals surface area contributed by atoms with Gasteiger partial charge in [0.2, 0.25) is 5.56 Å². The molecular weight excluding hydrogens is 346 g/mol. The van der Waals surface area contributed by atoms with Gasteiger partial charge in [0.1, 0.15) is 29.6 Å². The molecule has 6 nitrogen and oxygen atoms in total. The van der Waals surface area contributed by atoms with Crippen LogP contribution in [0.4, 0.5) is 8.78 Å². The third-order valence-corrected chi connectivity index (χ3v) is 4.16. The van der Waals surface area contributed by atoms with E-state index >= 15 is 0 Å². The summed E-state index contributed by atoms with van der Waals surface area (Å²) in [5.41, 5.74) is 0.429. The number of halogens is 2. The first-order chi connectivity index (χ1) is 12.3. The van der Waals surface area contributed by atoms with Gasteiger partial charge in [-0.25, -0.2) is 8.78 Å². The topological polar surface area (TPSA) is 82.6 Å². The molecule has 8 heteroatoms. The van der Waals surface area contributed by atoms with Crippen LogP contribution in [-0.4, -0.2) is 46.2 Å². The van der Waals surface area contributed by atoms with Gasteiger partial charge in [-0.1, -0.05) is 0 Å². The lowest BCUT2D eigenvalue weighted by atomic mass is 10.0. The van der Waals surface area contributed by atoms with Gasteiger partial charge in [0, 0.05) is 48.5 Å². The van der Waals surface area contributed by atoms with E-state index in [0.717, 1.165) is 18.2 Å². The van der Waals surface area contributed by atoms with Crippen LogP contribution in [-0.2, 0) is 0 Å². The lowest BCUT2D eigenvalue weighted by Gasteiger charge is -2.36. The molecule has 2 heterocycles. The number of nitrogens with one attached hydrogen (secondary N) is 1. The Kier molecular flexibility index (Phi) is 5.03. The molecule has 1 saturated heterocycles. The molecule has 0 aliphatic carbocycles. The van der Waals surface area contributed by atoms with Crippen molar-refractivity contribution in [2.45, 2.75) is 25.6 Å². The fourth-order valence-electron chi connectivity index (χ4n) is 2.99. The second-order valence-corrected chi connectivity index (χ2v) is 6.28. The fourth-order valence-corrected chi connectivity index (χ4v) is 2.99. The van der Waals surface area contributed by atoms with Crippen molar-refractivity contribution in [1.29, 1.82) is 0 Å². The maximum atomic E-state index is 13.2. The number of β-amino-alcohol motifs (C(OH)–C–C–N with tert-alkyl or cyclic N) is 1. The van der Waals surface area contributed by atoms with Crippen LogP contribution in [0.1, 0.15) is 22.5 Å². The normalized spacial score (nSPS) is 20.1. The number of hydrogen-bond acceptors (Lipinski definition) is 4. The van der Waals surface area contributed by atoms with E-state index in [1.807, 2.05) is 0 Å². The number of aromatic nitrogens is 1. The van der Waals surface area contributed by atoms with E-state index in [2.05, 4.69) is 4.98 Å². The van der Waals surface area contributed by atoms with Gasteiger partial charge in [0.15, 0.2) is 0 Å². The Labute approximate surface area is 148 Å². The number of rotatable bonds is 3. The molecule has 0 unspecified atom stereocenters. The molecule has 138 valence electrons. The SMILES string of the molecule is Cc1cc(C(=O)N2CC[C@@H](Oc3cc(F)cc(F)c3)[C@H](O)C2)cc(=O)[nH]1. The fraction of sp³-hybridized carbons (Fsp3) is 0.333. The second-order valence-electron chi connectivity index (χ2n) is 6.28. The van der Waals surface area contributed by atoms with Crippen LogP contribution in [0.25, 0.3) is 0 Å². The largest absolute Gasteiger partial charge is 0.487 e. The number of ether oxygens (including phenoxy) is 1. The van der Waals surface area contributed by atoms with Gasteiger partial charge in [-0.2, -0.15) is 0 Å². The van der Waals surface area contributed by atoms with Gasteiger partial charge < -0.3 is 19.7 Å². The zero-order valence-corrected chi connectivity index (χ0v) is 14.0. The van der Waals surface area contributed by atoms with E-state index in [9.17, 15) is 23.5 Å². The molecule has 1 aromatic heterocycles. The van der Waals surface area contributed by atoms with Crippen molar-refractivity contribution in [2.24, 2.45) is 0 Å². The number of likely N-dealkylation sites (tertiary alicyclic amines) is 1. The summed E-state index contributed by atoms with van der Waals surface area (Å²) >= 11 is 0. The lowest BCUT2D eigenvalue weighted by molar-refractivity contribution is -0.0201. The predicted molar refractivity (Wildman–Crippen MR) is 89.1 cm³/mol. The van der Waals surface area contributed by atoms with E-state index in [0.29, 0.717) is 5.69 Å². The molecule has 1 amide bonds. The number of carbonyl (C=O) groups is 1. The summed E-state index contributed by atoms with van der Waals surface area (Å²) in [6, 6.07) is 5.57. The van der Waals surface area contributed by atoms with E-state index in [4.69, 9.17) is 4.74 Å². The molecule has 2 aromatic rings. The third-order valence-electron chi connectivity index (χ3n) is 4.16. The number of carbonyl (C=O) groups excluding carboxylic acids is 1. The summed E-state index contributed by atoms with van der Waals surface area (Å²) in [5.74, 6) is -1.93. The van der Waals surface area contributed by atoms with Gasteiger partial charge in [-0.05, 0) is 13.0 Å². The van der Waals surface area contributed by atoms with Crippen molar-refractivity contribution in [3.63, 3.8) is 0 Å². The van der Waals surface area contributed by atoms with Crippen LogP contribution in [0.15, 0.2) is 35.1 Å². The molecule has 1 fully saturated rings. The van der Waals surface area contributed by atoms with E-state index in [1.54, 1.807) is 13.0 Å². The molecular formula is C18H18F2N2O4. The van der Waals surface area contributed by atoms with Crippen LogP contribution in [0, 0.1) is 18.6 Å². The number of aromatic amines is 1. The van der Waals surface area contributed by atoms with Crippen LogP contribution in [0.3, 0.4) is 0 Å². The monoisotopic (exact) mass is 364 g/mol. The highest BCUT2D eigenvalue weighted by Crippen LogP contribution is 2.22. The van der Waals surface area contributed by atoms with Gasteiger partial charge in [-0.3, -0.25) is 9.59 Å². The number of aliphatic hydroxyl groups is 1.